The standard InChI is InChI=1S/C24H24N8S/c1-3-4-9-21-20(23-26-24(33)29-32(23)15(2)25-21)14-16-10-12-17(13-11-16)18-7-5-6-8-19(18)22-27-30-31-28-22/h5-8,10-13H,3-4,9,14H2,1-2H3,(H,29,33)(H,27,28,30,31). The van der Waals surface area contributed by atoms with Gasteiger partial charge >= 0.3 is 0 Å². The minimum atomic E-state index is 0.461. The summed E-state index contributed by atoms with van der Waals surface area (Å²) in [6.45, 7) is 4.16. The Morgan fingerprint density at radius 2 is 1.79 bits per heavy atom. The maximum Gasteiger partial charge on any atom is 0.206 e. The van der Waals surface area contributed by atoms with Crippen molar-refractivity contribution in [3.05, 3.63) is 71.2 Å². The van der Waals surface area contributed by atoms with Crippen LogP contribution < -0.4 is 0 Å². The number of benzene rings is 2. The number of thiol groups is 1. The summed E-state index contributed by atoms with van der Waals surface area (Å²) in [4.78, 5) is 9.46. The van der Waals surface area contributed by atoms with Crippen LogP contribution in [0.1, 0.15) is 42.4 Å². The Balaban J connectivity index is 1.50. The van der Waals surface area contributed by atoms with Gasteiger partial charge in [0.2, 0.25) is 5.16 Å². The van der Waals surface area contributed by atoms with Gasteiger partial charge in [-0.1, -0.05) is 61.9 Å². The number of hydrogen-bond donors (Lipinski definition) is 2. The zero-order valence-electron chi connectivity index (χ0n) is 18.5. The van der Waals surface area contributed by atoms with Gasteiger partial charge in [-0.25, -0.2) is 15.1 Å². The van der Waals surface area contributed by atoms with Crippen molar-refractivity contribution in [1.29, 1.82) is 0 Å². The predicted molar refractivity (Wildman–Crippen MR) is 129 cm³/mol. The molecule has 33 heavy (non-hydrogen) atoms. The number of rotatable bonds is 7. The first kappa shape index (κ1) is 21.3. The van der Waals surface area contributed by atoms with E-state index in [0.29, 0.717) is 11.0 Å². The molecule has 0 aliphatic carbocycles. The summed E-state index contributed by atoms with van der Waals surface area (Å²) >= 11 is 4.37. The fourth-order valence-electron chi connectivity index (χ4n) is 4.11. The van der Waals surface area contributed by atoms with Crippen molar-refractivity contribution in [2.24, 2.45) is 0 Å². The molecule has 3 aromatic heterocycles. The molecular formula is C24H24N8S. The van der Waals surface area contributed by atoms with E-state index in [0.717, 1.165) is 65.1 Å². The van der Waals surface area contributed by atoms with Crippen molar-refractivity contribution in [3.8, 4) is 22.5 Å². The number of nitrogens with zero attached hydrogens (tertiary/aromatic N) is 7. The van der Waals surface area contributed by atoms with Crippen molar-refractivity contribution in [1.82, 2.24) is 40.2 Å². The molecule has 9 heteroatoms. The molecule has 0 atom stereocenters. The Labute approximate surface area is 196 Å². The van der Waals surface area contributed by atoms with Crippen LogP contribution in [-0.2, 0) is 12.8 Å². The summed E-state index contributed by atoms with van der Waals surface area (Å²) in [6.07, 6.45) is 3.86. The number of tetrazole rings is 1. The third-order valence-corrected chi connectivity index (χ3v) is 5.95. The SMILES string of the molecule is CCCCc1nc(C)n2nc(S)nc2c1Cc1ccc(-c2ccccc2-c2nnn[nH]2)cc1. The number of nitrogens with one attached hydrogen (secondary N) is 1. The Morgan fingerprint density at radius 3 is 2.52 bits per heavy atom. The molecule has 1 N–H and O–H groups in total. The predicted octanol–water partition coefficient (Wildman–Crippen LogP) is 4.50. The van der Waals surface area contributed by atoms with Gasteiger partial charge in [0.25, 0.3) is 0 Å². The maximum absolute atomic E-state index is 4.86. The molecule has 0 unspecified atom stereocenters. The van der Waals surface area contributed by atoms with E-state index in [2.05, 4.69) is 80.6 Å². The minimum absolute atomic E-state index is 0.461. The molecule has 0 saturated carbocycles. The van der Waals surface area contributed by atoms with Crippen molar-refractivity contribution >= 4 is 18.3 Å². The lowest BCUT2D eigenvalue weighted by molar-refractivity contribution is 0.740. The number of H-pyrrole nitrogens is 1. The number of hydrogen-bond acceptors (Lipinski definition) is 7. The summed E-state index contributed by atoms with van der Waals surface area (Å²) in [5, 5.41) is 19.2. The van der Waals surface area contributed by atoms with Gasteiger partial charge in [-0.15, -0.1) is 22.8 Å². The Kier molecular flexibility index (Phi) is 5.87. The fourth-order valence-corrected chi connectivity index (χ4v) is 4.30. The van der Waals surface area contributed by atoms with Gasteiger partial charge in [-0.2, -0.15) is 4.52 Å². The monoisotopic (exact) mass is 456 g/mol. The summed E-state index contributed by atoms with van der Waals surface area (Å²) < 4.78 is 1.79. The highest BCUT2D eigenvalue weighted by Gasteiger charge is 2.16. The van der Waals surface area contributed by atoms with Crippen LogP contribution in [0, 0.1) is 6.92 Å². The molecule has 8 nitrogen and oxygen atoms in total. The molecule has 0 radical (unpaired) electrons. The van der Waals surface area contributed by atoms with Crippen LogP contribution in [-0.4, -0.2) is 40.2 Å². The van der Waals surface area contributed by atoms with E-state index >= 15 is 0 Å². The summed E-state index contributed by atoms with van der Waals surface area (Å²) in [5.74, 6) is 1.49. The molecule has 0 fully saturated rings. The van der Waals surface area contributed by atoms with Gasteiger partial charge in [-0.3, -0.25) is 0 Å². The first-order valence-corrected chi connectivity index (χ1v) is 11.4. The zero-order chi connectivity index (χ0) is 22.8. The van der Waals surface area contributed by atoms with Crippen LogP contribution in [0.15, 0.2) is 53.7 Å². The van der Waals surface area contributed by atoms with Crippen molar-refractivity contribution in [3.63, 3.8) is 0 Å². The highest BCUT2D eigenvalue weighted by atomic mass is 32.1. The lowest BCUT2D eigenvalue weighted by Gasteiger charge is -2.12. The highest BCUT2D eigenvalue weighted by molar-refractivity contribution is 7.80. The second kappa shape index (κ2) is 9.11. The smallest absolute Gasteiger partial charge is 0.206 e. The summed E-state index contributed by atoms with van der Waals surface area (Å²) in [7, 11) is 0. The average Bonchev–Trinajstić information content (AvgIpc) is 3.50. The molecule has 5 rings (SSSR count). The van der Waals surface area contributed by atoms with Crippen LogP contribution in [0.25, 0.3) is 28.2 Å². The Morgan fingerprint density at radius 1 is 1.00 bits per heavy atom. The van der Waals surface area contributed by atoms with Crippen molar-refractivity contribution < 1.29 is 0 Å². The van der Waals surface area contributed by atoms with Gasteiger partial charge in [0, 0.05) is 23.2 Å². The van der Waals surface area contributed by atoms with Crippen LogP contribution in [0.3, 0.4) is 0 Å². The average molecular weight is 457 g/mol. The van der Waals surface area contributed by atoms with E-state index in [4.69, 9.17) is 4.98 Å². The first-order chi connectivity index (χ1) is 16.1. The Hall–Kier alpha value is -3.59. The lowest BCUT2D eigenvalue weighted by Crippen LogP contribution is -2.08. The summed E-state index contributed by atoms with van der Waals surface area (Å²) in [6, 6.07) is 16.7. The fraction of sp³-hybridized carbons (Fsp3) is 0.250. The second-order valence-electron chi connectivity index (χ2n) is 8.00. The molecular weight excluding hydrogens is 432 g/mol. The zero-order valence-corrected chi connectivity index (χ0v) is 19.4. The summed E-state index contributed by atoms with van der Waals surface area (Å²) in [5.41, 5.74) is 7.37. The molecule has 0 saturated heterocycles. The van der Waals surface area contributed by atoms with Crippen LogP contribution in [0.2, 0.25) is 0 Å². The van der Waals surface area contributed by atoms with Gasteiger partial charge in [0.05, 0.1) is 0 Å². The Bertz CT molecular complexity index is 1390. The largest absolute Gasteiger partial charge is 0.239 e. The van der Waals surface area contributed by atoms with Crippen LogP contribution in [0.4, 0.5) is 0 Å². The van der Waals surface area contributed by atoms with Crippen LogP contribution in [0.5, 0.6) is 0 Å². The van der Waals surface area contributed by atoms with Crippen LogP contribution >= 0.6 is 12.6 Å². The molecule has 0 amide bonds. The van der Waals surface area contributed by atoms with Gasteiger partial charge in [-0.05, 0) is 46.9 Å². The number of fused-ring (bicyclic) bond motifs is 1. The molecule has 5 aromatic rings. The minimum Gasteiger partial charge on any atom is -0.239 e. The van der Waals surface area contributed by atoms with E-state index in [9.17, 15) is 0 Å². The van der Waals surface area contributed by atoms with Crippen molar-refractivity contribution in [2.75, 3.05) is 0 Å². The van der Waals surface area contributed by atoms with E-state index in [1.54, 1.807) is 4.52 Å². The molecule has 2 aromatic carbocycles. The van der Waals surface area contributed by atoms with Crippen molar-refractivity contribution in [2.45, 2.75) is 44.7 Å². The quantitative estimate of drug-likeness (QED) is 0.350. The topological polar surface area (TPSA) is 97.5 Å². The number of aromatic amines is 1. The van der Waals surface area contributed by atoms with Gasteiger partial charge in [0.1, 0.15) is 5.82 Å². The van der Waals surface area contributed by atoms with Gasteiger partial charge in [0.15, 0.2) is 11.5 Å². The third kappa shape index (κ3) is 4.23. The molecule has 3 heterocycles. The normalized spacial score (nSPS) is 11.4. The first-order valence-electron chi connectivity index (χ1n) is 11.0. The molecule has 166 valence electrons. The maximum atomic E-state index is 4.86. The lowest BCUT2D eigenvalue weighted by atomic mass is 9.96. The number of aromatic nitrogens is 8. The molecule has 0 bridgehead atoms. The van der Waals surface area contributed by atoms with E-state index < -0.39 is 0 Å². The highest BCUT2D eigenvalue weighted by Crippen LogP contribution is 2.30. The third-order valence-electron chi connectivity index (χ3n) is 5.76. The molecule has 0 aliphatic heterocycles. The van der Waals surface area contributed by atoms with E-state index in [1.165, 1.54) is 5.56 Å². The number of unbranched alkanes of at least 4 members (excludes halogenated alkanes) is 1. The number of aryl methyl sites for hydroxylation is 2. The van der Waals surface area contributed by atoms with E-state index in [1.807, 2.05) is 25.1 Å². The second-order valence-corrected chi connectivity index (χ2v) is 8.40. The molecule has 0 spiro atoms. The van der Waals surface area contributed by atoms with E-state index in [-0.39, 0.29) is 0 Å². The molecule has 0 aliphatic rings. The van der Waals surface area contributed by atoms with Gasteiger partial charge < -0.3 is 0 Å².